The Bertz CT molecular complexity index is 1460. The molecule has 3 N–H and O–H groups in total. The second-order valence-corrected chi connectivity index (χ2v) is 9.40. The number of rotatable bonds is 11. The minimum absolute atomic E-state index is 0.00777. The summed E-state index contributed by atoms with van der Waals surface area (Å²) in [5.41, 5.74) is 0.908. The van der Waals surface area contributed by atoms with Gasteiger partial charge in [0.25, 0.3) is 5.56 Å². The number of nitrogens with one attached hydrogen (secondary N) is 3. The molecule has 0 saturated heterocycles. The van der Waals surface area contributed by atoms with Crippen molar-refractivity contribution in [2.45, 2.75) is 45.4 Å². The number of ether oxygens (including phenoxy) is 2. The second-order valence-electron chi connectivity index (χ2n) is 9.40. The Kier molecular flexibility index (Phi) is 10.0. The zero-order valence-electron chi connectivity index (χ0n) is 23.0. The topological polar surface area (TPSA) is 148 Å². The number of aromatic nitrogens is 3. The van der Waals surface area contributed by atoms with Crippen LogP contribution in [-0.2, 0) is 20.9 Å². The van der Waals surface area contributed by atoms with Crippen molar-refractivity contribution in [2.24, 2.45) is 0 Å². The fraction of sp³-hybridized carbons (Fsp3) is 0.370. The van der Waals surface area contributed by atoms with Gasteiger partial charge in [-0.3, -0.25) is 19.4 Å². The van der Waals surface area contributed by atoms with Gasteiger partial charge < -0.3 is 34.6 Å². The minimum Gasteiger partial charge on any atom is -0.486 e. The van der Waals surface area contributed by atoms with Crippen LogP contribution in [0.4, 0.5) is 14.9 Å². The predicted molar refractivity (Wildman–Crippen MR) is 147 cm³/mol. The number of carbonyl (C=O) groups is 3. The summed E-state index contributed by atoms with van der Waals surface area (Å²) < 4.78 is 25.9. The molecule has 0 aliphatic carbocycles. The molecular weight excluding hydrogens is 523 g/mol. The van der Waals surface area contributed by atoms with Gasteiger partial charge >= 0.3 is 6.09 Å². The third-order valence-corrected chi connectivity index (χ3v) is 5.70. The van der Waals surface area contributed by atoms with E-state index in [2.05, 4.69) is 25.3 Å². The normalized spacial score (nSPS) is 12.0. The van der Waals surface area contributed by atoms with Crippen molar-refractivity contribution in [1.29, 1.82) is 0 Å². The van der Waals surface area contributed by atoms with Gasteiger partial charge in [0.15, 0.2) is 11.6 Å². The number of hydrogen-bond acceptors (Lipinski definition) is 7. The van der Waals surface area contributed by atoms with Crippen LogP contribution in [0.1, 0.15) is 32.4 Å². The van der Waals surface area contributed by atoms with Crippen molar-refractivity contribution < 1.29 is 28.2 Å². The molecule has 0 unspecified atom stereocenters. The first kappa shape index (κ1) is 29.9. The predicted octanol–water partition coefficient (Wildman–Crippen LogP) is 2.79. The van der Waals surface area contributed by atoms with Gasteiger partial charge in [-0.05, 0) is 51.0 Å². The summed E-state index contributed by atoms with van der Waals surface area (Å²) in [7, 11) is 4.39. The number of halogens is 1. The van der Waals surface area contributed by atoms with E-state index in [4.69, 9.17) is 4.74 Å². The Balaban J connectivity index is 1.78. The number of carbonyl (C=O) groups excluding carboxylic acids is 3. The average Bonchev–Trinajstić information content (AvgIpc) is 3.32. The maximum Gasteiger partial charge on any atom is 0.407 e. The van der Waals surface area contributed by atoms with Crippen LogP contribution >= 0.6 is 0 Å². The molecule has 0 radical (unpaired) electrons. The van der Waals surface area contributed by atoms with Crippen LogP contribution in [0.3, 0.4) is 0 Å². The van der Waals surface area contributed by atoms with Gasteiger partial charge in [-0.2, -0.15) is 0 Å². The number of fused-ring (bicyclic) bond motifs is 1. The molecular formula is C27H33FN6O6. The minimum atomic E-state index is -1.03. The highest BCUT2D eigenvalue weighted by Crippen LogP contribution is 2.28. The first-order valence-corrected chi connectivity index (χ1v) is 12.6. The van der Waals surface area contributed by atoms with E-state index in [1.54, 1.807) is 52.3 Å². The summed E-state index contributed by atoms with van der Waals surface area (Å²) >= 11 is 0. The van der Waals surface area contributed by atoms with Gasteiger partial charge in [0.1, 0.15) is 17.2 Å². The number of allylic oxidation sites excluding steroid dienone is 1. The van der Waals surface area contributed by atoms with Crippen LogP contribution in [0.15, 0.2) is 47.5 Å². The summed E-state index contributed by atoms with van der Waals surface area (Å²) in [4.78, 5) is 58.2. The highest BCUT2D eigenvalue weighted by Gasteiger charge is 2.22. The van der Waals surface area contributed by atoms with E-state index in [0.29, 0.717) is 23.1 Å². The molecule has 3 amide bonds. The lowest BCUT2D eigenvalue weighted by Crippen LogP contribution is -2.44. The van der Waals surface area contributed by atoms with Gasteiger partial charge in [-0.1, -0.05) is 6.08 Å². The number of nitrogens with zero attached hydrogens (tertiary/aromatic N) is 3. The molecule has 3 heterocycles. The van der Waals surface area contributed by atoms with Gasteiger partial charge in [-0.25, -0.2) is 9.18 Å². The molecule has 0 aliphatic rings. The Morgan fingerprint density at radius 3 is 2.70 bits per heavy atom. The number of hydrogen-bond donors (Lipinski definition) is 3. The van der Waals surface area contributed by atoms with E-state index in [-0.39, 0.29) is 36.4 Å². The van der Waals surface area contributed by atoms with Crippen LogP contribution in [0, 0.1) is 5.82 Å². The highest BCUT2D eigenvalue weighted by atomic mass is 19.1. The van der Waals surface area contributed by atoms with E-state index in [9.17, 15) is 23.6 Å². The fourth-order valence-electron chi connectivity index (χ4n) is 3.74. The summed E-state index contributed by atoms with van der Waals surface area (Å²) in [6.07, 6.45) is 4.96. The molecule has 0 fully saturated rings. The van der Waals surface area contributed by atoms with E-state index < -0.39 is 29.4 Å². The van der Waals surface area contributed by atoms with Crippen LogP contribution in [0.2, 0.25) is 0 Å². The van der Waals surface area contributed by atoms with Crippen molar-refractivity contribution in [2.75, 3.05) is 26.5 Å². The number of methoxy groups -OCH3 is 1. The molecule has 0 spiro atoms. The number of likely N-dealkylation sites (N-methyl/N-ethyl adjacent to an activating group) is 1. The molecule has 0 aromatic carbocycles. The lowest BCUT2D eigenvalue weighted by Gasteiger charge is -2.17. The van der Waals surface area contributed by atoms with Crippen molar-refractivity contribution >= 4 is 34.6 Å². The smallest absolute Gasteiger partial charge is 0.407 e. The molecule has 0 bridgehead atoms. The average molecular weight is 557 g/mol. The third kappa shape index (κ3) is 7.68. The molecule has 0 aliphatic heterocycles. The van der Waals surface area contributed by atoms with Crippen molar-refractivity contribution in [3.8, 4) is 5.75 Å². The summed E-state index contributed by atoms with van der Waals surface area (Å²) in [6, 6.07) is 3.68. The van der Waals surface area contributed by atoms with Gasteiger partial charge in [-0.15, -0.1) is 0 Å². The maximum absolute atomic E-state index is 14.3. The Morgan fingerprint density at radius 1 is 1.27 bits per heavy atom. The number of alkyl carbamates (subject to hydrolysis) is 1. The largest absolute Gasteiger partial charge is 0.486 e. The molecule has 3 rings (SSSR count). The second kappa shape index (κ2) is 13.4. The van der Waals surface area contributed by atoms with Crippen LogP contribution in [0.25, 0.3) is 11.0 Å². The Morgan fingerprint density at radius 2 is 2.02 bits per heavy atom. The van der Waals surface area contributed by atoms with E-state index in [1.807, 2.05) is 0 Å². The molecule has 1 atom stereocenters. The van der Waals surface area contributed by atoms with E-state index in [0.717, 1.165) is 6.20 Å². The maximum atomic E-state index is 14.3. The standard InChI is InChI=1S/C27H33FN6O6/c1-16(2)40-24-18(28)14-29-21-13-17(30-23(21)24)15-34-12-8-10-20(26(34)37)31-25(36)19(32-27(38)39-5)9-6-7-11-22(35)33(3)4/h7-8,10-14,16,19,30H,6,9,15H2,1-5H3,(H,31,36)(H,32,38)/b11-7+/t19-/m0/s1. The number of aromatic amines is 1. The zero-order chi connectivity index (χ0) is 29.4. The van der Waals surface area contributed by atoms with E-state index >= 15 is 0 Å². The molecule has 3 aromatic heterocycles. The summed E-state index contributed by atoms with van der Waals surface area (Å²) in [5.74, 6) is -1.41. The molecule has 12 nitrogen and oxygen atoms in total. The molecule has 214 valence electrons. The Hall–Kier alpha value is -4.68. The van der Waals surface area contributed by atoms with Crippen LogP contribution in [0.5, 0.6) is 5.75 Å². The lowest BCUT2D eigenvalue weighted by atomic mass is 10.1. The van der Waals surface area contributed by atoms with Crippen molar-refractivity contribution in [1.82, 2.24) is 24.8 Å². The zero-order valence-corrected chi connectivity index (χ0v) is 23.0. The number of amides is 3. The fourth-order valence-corrected chi connectivity index (χ4v) is 3.74. The molecule has 40 heavy (non-hydrogen) atoms. The molecule has 13 heteroatoms. The van der Waals surface area contributed by atoms with Crippen LogP contribution in [-0.4, -0.2) is 70.7 Å². The Labute approximate surface area is 230 Å². The highest BCUT2D eigenvalue weighted by molar-refractivity contribution is 5.96. The van der Waals surface area contributed by atoms with E-state index in [1.165, 1.54) is 28.7 Å². The number of anilines is 1. The molecule has 0 saturated carbocycles. The SMILES string of the molecule is COC(=O)N[C@@H](CC/C=C/C(=O)N(C)C)C(=O)Nc1cccn(Cc2cc3ncc(F)c(OC(C)C)c3[nH]2)c1=O. The van der Waals surface area contributed by atoms with Crippen molar-refractivity contribution in [3.63, 3.8) is 0 Å². The van der Waals surface area contributed by atoms with Gasteiger partial charge in [0.2, 0.25) is 11.8 Å². The first-order valence-electron chi connectivity index (χ1n) is 12.6. The van der Waals surface area contributed by atoms with Gasteiger partial charge in [0.05, 0.1) is 31.5 Å². The molecule has 3 aromatic rings. The quantitative estimate of drug-likeness (QED) is 0.308. The summed E-state index contributed by atoms with van der Waals surface area (Å²) in [5, 5.41) is 5.01. The number of pyridine rings is 2. The lowest BCUT2D eigenvalue weighted by molar-refractivity contribution is -0.123. The first-order chi connectivity index (χ1) is 19.0. The number of H-pyrrole nitrogens is 1. The summed E-state index contributed by atoms with van der Waals surface area (Å²) in [6.45, 7) is 3.64. The third-order valence-electron chi connectivity index (χ3n) is 5.70. The van der Waals surface area contributed by atoms with Crippen LogP contribution < -0.4 is 20.9 Å². The monoisotopic (exact) mass is 556 g/mol. The van der Waals surface area contributed by atoms with Crippen molar-refractivity contribution in [3.05, 3.63) is 64.6 Å². The van der Waals surface area contributed by atoms with Gasteiger partial charge in [0, 0.05) is 26.0 Å².